The van der Waals surface area contributed by atoms with Crippen LogP contribution in [0.15, 0.2) is 82.1 Å². The minimum Gasteiger partial charge on any atom is -0.460 e. The number of carbonyl (C=O) groups excluding carboxylic acids is 2. The molecule has 1 aromatic heterocycles. The Morgan fingerprint density at radius 2 is 1.60 bits per heavy atom. The number of rotatable bonds is 10. The Balaban J connectivity index is 1.34. The standard InChI is InChI=1S/C36H43N3O7S/c1-6-44-34(40)33-26(2)31-24-30(16-17-32(31)45-33)47(42,43)39(19-18-27-10-8-7-9-11-27)25-28-12-14-29(15-13-28)37-20-22-38(23-21-37)35(41)46-36(3,4)5/h7-17,24H,6,18-23,25H2,1-5H3. The first-order chi connectivity index (χ1) is 22.4. The zero-order valence-electron chi connectivity index (χ0n) is 27.7. The van der Waals surface area contributed by atoms with E-state index in [0.29, 0.717) is 49.1 Å². The number of hydrogen-bond donors (Lipinski definition) is 0. The van der Waals surface area contributed by atoms with Crippen molar-refractivity contribution in [2.75, 3.05) is 44.2 Å². The lowest BCUT2D eigenvalue weighted by atomic mass is 10.1. The predicted octanol–water partition coefficient (Wildman–Crippen LogP) is 6.41. The summed E-state index contributed by atoms with van der Waals surface area (Å²) in [5, 5.41) is 0.549. The highest BCUT2D eigenvalue weighted by Crippen LogP contribution is 2.30. The second-order valence-corrected chi connectivity index (χ2v) is 14.6. The summed E-state index contributed by atoms with van der Waals surface area (Å²) in [4.78, 5) is 28.9. The molecule has 2 heterocycles. The Kier molecular flexibility index (Phi) is 10.3. The fourth-order valence-corrected chi connectivity index (χ4v) is 7.03. The lowest BCUT2D eigenvalue weighted by molar-refractivity contribution is 0.0240. The lowest BCUT2D eigenvalue weighted by Gasteiger charge is -2.36. The summed E-state index contributed by atoms with van der Waals surface area (Å²) in [6.45, 7) is 12.1. The fraction of sp³-hybridized carbons (Fsp3) is 0.389. The number of esters is 1. The van der Waals surface area contributed by atoms with Crippen LogP contribution in [0.1, 0.15) is 54.9 Å². The molecule has 5 rings (SSSR count). The van der Waals surface area contributed by atoms with E-state index < -0.39 is 21.6 Å². The van der Waals surface area contributed by atoms with Crippen molar-refractivity contribution in [3.05, 3.63) is 95.2 Å². The SMILES string of the molecule is CCOC(=O)c1oc2ccc(S(=O)(=O)N(CCc3ccccc3)Cc3ccc(N4CCN(C(=O)OC(C)(C)C)CC4)cc3)cc2c1C. The predicted molar refractivity (Wildman–Crippen MR) is 181 cm³/mol. The maximum absolute atomic E-state index is 14.2. The highest BCUT2D eigenvalue weighted by atomic mass is 32.2. The van der Waals surface area contributed by atoms with Crippen LogP contribution in [0.3, 0.4) is 0 Å². The molecule has 10 nitrogen and oxygen atoms in total. The summed E-state index contributed by atoms with van der Waals surface area (Å²) in [6, 6.07) is 22.4. The minimum atomic E-state index is -3.94. The second kappa shape index (κ2) is 14.2. The number of hydrogen-bond acceptors (Lipinski definition) is 8. The van der Waals surface area contributed by atoms with Crippen LogP contribution in [0.4, 0.5) is 10.5 Å². The number of fused-ring (bicyclic) bond motifs is 1. The lowest BCUT2D eigenvalue weighted by Crippen LogP contribution is -2.50. The number of amides is 1. The van der Waals surface area contributed by atoms with E-state index in [1.165, 1.54) is 10.4 Å². The number of nitrogens with zero attached hydrogens (tertiary/aromatic N) is 3. The number of piperazine rings is 1. The van der Waals surface area contributed by atoms with Crippen LogP contribution in [-0.4, -0.2) is 74.6 Å². The Hall–Kier alpha value is -4.35. The summed E-state index contributed by atoms with van der Waals surface area (Å²) < 4.78 is 46.2. The van der Waals surface area contributed by atoms with E-state index in [2.05, 4.69) is 4.90 Å². The number of anilines is 1. The van der Waals surface area contributed by atoms with Gasteiger partial charge in [0.05, 0.1) is 11.5 Å². The van der Waals surface area contributed by atoms with Gasteiger partial charge in [-0.1, -0.05) is 42.5 Å². The van der Waals surface area contributed by atoms with Crippen molar-refractivity contribution in [1.82, 2.24) is 9.21 Å². The van der Waals surface area contributed by atoms with Crippen molar-refractivity contribution in [3.63, 3.8) is 0 Å². The van der Waals surface area contributed by atoms with Gasteiger partial charge in [0, 0.05) is 55.9 Å². The summed E-state index contributed by atoms with van der Waals surface area (Å²) in [6.07, 6.45) is 0.242. The third-order valence-electron chi connectivity index (χ3n) is 8.09. The molecular weight excluding hydrogens is 618 g/mol. The van der Waals surface area contributed by atoms with E-state index in [1.54, 1.807) is 30.9 Å². The van der Waals surface area contributed by atoms with Gasteiger partial charge in [-0.05, 0) is 82.5 Å². The summed E-state index contributed by atoms with van der Waals surface area (Å²) >= 11 is 0. The molecule has 3 aromatic carbocycles. The largest absolute Gasteiger partial charge is 0.460 e. The van der Waals surface area contributed by atoms with Gasteiger partial charge in [-0.2, -0.15) is 4.31 Å². The third-order valence-corrected chi connectivity index (χ3v) is 9.93. The molecule has 1 aliphatic heterocycles. The van der Waals surface area contributed by atoms with E-state index in [-0.39, 0.29) is 36.4 Å². The molecule has 0 atom stereocenters. The molecule has 0 bridgehead atoms. The molecule has 1 amide bonds. The molecule has 1 aliphatic rings. The molecule has 0 aliphatic carbocycles. The van der Waals surface area contributed by atoms with Crippen molar-refractivity contribution in [3.8, 4) is 0 Å². The van der Waals surface area contributed by atoms with E-state index >= 15 is 0 Å². The number of aryl methyl sites for hydroxylation is 1. The average molecular weight is 662 g/mol. The zero-order chi connectivity index (χ0) is 33.8. The molecule has 0 unspecified atom stereocenters. The normalized spacial score (nSPS) is 14.1. The molecule has 1 saturated heterocycles. The number of sulfonamides is 1. The van der Waals surface area contributed by atoms with Gasteiger partial charge in [0.2, 0.25) is 15.8 Å². The van der Waals surface area contributed by atoms with Crippen molar-refractivity contribution in [2.45, 2.75) is 58.1 Å². The maximum Gasteiger partial charge on any atom is 0.410 e. The molecule has 250 valence electrons. The molecule has 47 heavy (non-hydrogen) atoms. The van der Waals surface area contributed by atoms with Crippen LogP contribution in [0.25, 0.3) is 11.0 Å². The molecule has 4 aromatic rings. The molecule has 11 heteroatoms. The summed E-state index contributed by atoms with van der Waals surface area (Å²) in [5.41, 5.74) is 3.31. The van der Waals surface area contributed by atoms with E-state index in [1.807, 2.05) is 75.4 Å². The van der Waals surface area contributed by atoms with Crippen LogP contribution >= 0.6 is 0 Å². The quantitative estimate of drug-likeness (QED) is 0.180. The first-order valence-corrected chi connectivity index (χ1v) is 17.4. The van der Waals surface area contributed by atoms with Gasteiger partial charge >= 0.3 is 12.1 Å². The maximum atomic E-state index is 14.2. The minimum absolute atomic E-state index is 0.0728. The van der Waals surface area contributed by atoms with E-state index in [9.17, 15) is 18.0 Å². The van der Waals surface area contributed by atoms with Gasteiger partial charge < -0.3 is 23.7 Å². The van der Waals surface area contributed by atoms with Crippen molar-refractivity contribution in [2.24, 2.45) is 0 Å². The van der Waals surface area contributed by atoms with Gasteiger partial charge in [0.25, 0.3) is 0 Å². The van der Waals surface area contributed by atoms with Crippen LogP contribution in [0.2, 0.25) is 0 Å². The Labute approximate surface area is 276 Å². The van der Waals surface area contributed by atoms with Crippen LogP contribution in [0.5, 0.6) is 0 Å². The third kappa shape index (κ3) is 8.15. The molecule has 1 fully saturated rings. The number of ether oxygens (including phenoxy) is 2. The smallest absolute Gasteiger partial charge is 0.410 e. The fourth-order valence-electron chi connectivity index (χ4n) is 5.57. The number of benzene rings is 3. The highest BCUT2D eigenvalue weighted by Gasteiger charge is 2.28. The van der Waals surface area contributed by atoms with Crippen molar-refractivity contribution < 1.29 is 31.9 Å². The van der Waals surface area contributed by atoms with Gasteiger partial charge in [-0.25, -0.2) is 18.0 Å². The summed E-state index contributed by atoms with van der Waals surface area (Å²) in [7, 11) is -3.94. The monoisotopic (exact) mass is 661 g/mol. The van der Waals surface area contributed by atoms with Crippen molar-refractivity contribution >= 4 is 38.7 Å². The Morgan fingerprint density at radius 1 is 0.915 bits per heavy atom. The van der Waals surface area contributed by atoms with E-state index in [0.717, 1.165) is 16.8 Å². The first kappa shape index (κ1) is 34.0. The zero-order valence-corrected chi connectivity index (χ0v) is 28.5. The van der Waals surface area contributed by atoms with E-state index in [4.69, 9.17) is 13.9 Å². The average Bonchev–Trinajstić information content (AvgIpc) is 3.38. The molecule has 0 N–H and O–H groups in total. The number of furan rings is 1. The van der Waals surface area contributed by atoms with Gasteiger partial charge in [-0.3, -0.25) is 0 Å². The van der Waals surface area contributed by atoms with Crippen LogP contribution in [0, 0.1) is 6.92 Å². The van der Waals surface area contributed by atoms with Gasteiger partial charge in [-0.15, -0.1) is 0 Å². The molecule has 0 radical (unpaired) electrons. The van der Waals surface area contributed by atoms with Crippen LogP contribution in [-0.2, 0) is 32.5 Å². The number of carbonyl (C=O) groups is 2. The first-order valence-electron chi connectivity index (χ1n) is 15.9. The molecule has 0 saturated carbocycles. The van der Waals surface area contributed by atoms with Crippen LogP contribution < -0.4 is 4.90 Å². The van der Waals surface area contributed by atoms with Crippen molar-refractivity contribution in [1.29, 1.82) is 0 Å². The van der Waals surface area contributed by atoms with Gasteiger partial charge in [0.15, 0.2) is 0 Å². The summed E-state index contributed by atoms with van der Waals surface area (Å²) in [5.74, 6) is -0.507. The Morgan fingerprint density at radius 3 is 2.23 bits per heavy atom. The highest BCUT2D eigenvalue weighted by molar-refractivity contribution is 7.89. The molecular formula is C36H43N3O7S. The topological polar surface area (TPSA) is 110 Å². The van der Waals surface area contributed by atoms with Gasteiger partial charge in [0.1, 0.15) is 11.2 Å². The Bertz CT molecular complexity index is 1810. The molecule has 0 spiro atoms. The second-order valence-electron chi connectivity index (χ2n) is 12.6.